The van der Waals surface area contributed by atoms with E-state index in [-0.39, 0.29) is 6.71 Å². The minimum absolute atomic E-state index is 0.179. The van der Waals surface area contributed by atoms with Crippen LogP contribution >= 0.6 is 0 Å². The molecule has 0 aromatic heterocycles. The number of hydrogen-bond donors (Lipinski definition) is 0. The summed E-state index contributed by atoms with van der Waals surface area (Å²) in [5.41, 5.74) is 16.7. The number of rotatable bonds is 2. The molecule has 0 atom stereocenters. The van der Waals surface area contributed by atoms with Crippen molar-refractivity contribution < 1.29 is 0 Å². The van der Waals surface area contributed by atoms with Crippen molar-refractivity contribution in [3.8, 4) is 0 Å². The molecule has 0 unspecified atom stereocenters. The topological polar surface area (TPSA) is 6.48 Å². The van der Waals surface area contributed by atoms with Crippen LogP contribution < -0.4 is 26.2 Å². The molecule has 5 aromatic carbocycles. The number of fused-ring (bicyclic) bond motifs is 4. The van der Waals surface area contributed by atoms with Crippen LogP contribution in [0.15, 0.2) is 103 Å². The molecule has 7 rings (SSSR count). The molecule has 37 heavy (non-hydrogen) atoms. The summed E-state index contributed by atoms with van der Waals surface area (Å²) in [5, 5.41) is 0. The highest BCUT2D eigenvalue weighted by atomic mass is 15.2. The number of benzene rings is 5. The molecule has 5 aromatic rings. The molecule has 0 radical (unpaired) electrons. The molecule has 0 amide bonds. The van der Waals surface area contributed by atoms with E-state index >= 15 is 0 Å². The van der Waals surface area contributed by atoms with Crippen LogP contribution in [0, 0.1) is 27.7 Å². The molecule has 0 aliphatic carbocycles. The van der Waals surface area contributed by atoms with E-state index in [2.05, 4.69) is 141 Å². The quantitative estimate of drug-likeness (QED) is 0.248. The molecule has 2 aliphatic heterocycles. The highest BCUT2D eigenvalue weighted by Gasteiger charge is 2.43. The van der Waals surface area contributed by atoms with Crippen LogP contribution in [0.4, 0.5) is 34.1 Å². The Bertz CT molecular complexity index is 1580. The monoisotopic (exact) mass is 476 g/mol. The summed E-state index contributed by atoms with van der Waals surface area (Å²) < 4.78 is 0. The van der Waals surface area contributed by atoms with Gasteiger partial charge in [0, 0.05) is 34.1 Å². The number of nitrogens with zero attached hydrogens (tertiary/aromatic N) is 2. The maximum Gasteiger partial charge on any atom is 0.252 e. The fourth-order valence-corrected chi connectivity index (χ4v) is 6.27. The lowest BCUT2D eigenvalue weighted by atomic mass is 9.33. The largest absolute Gasteiger partial charge is 0.311 e. The second kappa shape index (κ2) is 8.14. The summed E-state index contributed by atoms with van der Waals surface area (Å²) in [7, 11) is 0. The highest BCUT2D eigenvalue weighted by molar-refractivity contribution is 7.00. The molecule has 3 heteroatoms. The number of hydrogen-bond acceptors (Lipinski definition) is 2. The fraction of sp³-hybridized carbons (Fsp3) is 0.118. The van der Waals surface area contributed by atoms with E-state index in [9.17, 15) is 0 Å². The van der Waals surface area contributed by atoms with E-state index in [0.29, 0.717) is 0 Å². The molecular weight excluding hydrogens is 447 g/mol. The van der Waals surface area contributed by atoms with Crippen molar-refractivity contribution in [1.29, 1.82) is 0 Å². The molecule has 2 heterocycles. The molecular formula is C34H29BN2. The smallest absolute Gasteiger partial charge is 0.252 e. The van der Waals surface area contributed by atoms with E-state index < -0.39 is 0 Å². The normalized spacial score (nSPS) is 13.2. The molecule has 0 fully saturated rings. The molecule has 0 N–H and O–H groups in total. The maximum atomic E-state index is 2.46. The van der Waals surface area contributed by atoms with Crippen molar-refractivity contribution in [2.75, 3.05) is 9.80 Å². The lowest BCUT2D eigenvalue weighted by Gasteiger charge is -2.44. The van der Waals surface area contributed by atoms with Crippen LogP contribution in [-0.2, 0) is 0 Å². The van der Waals surface area contributed by atoms with Gasteiger partial charge in [-0.05, 0) is 104 Å². The second-order valence-electron chi connectivity index (χ2n) is 10.6. The third-order valence-electron chi connectivity index (χ3n) is 7.82. The van der Waals surface area contributed by atoms with Gasteiger partial charge >= 0.3 is 0 Å². The lowest BCUT2D eigenvalue weighted by Crippen LogP contribution is -2.61. The van der Waals surface area contributed by atoms with Gasteiger partial charge in [-0.3, -0.25) is 0 Å². The predicted molar refractivity (Wildman–Crippen MR) is 159 cm³/mol. The van der Waals surface area contributed by atoms with E-state index in [4.69, 9.17) is 0 Å². The van der Waals surface area contributed by atoms with Gasteiger partial charge < -0.3 is 9.80 Å². The van der Waals surface area contributed by atoms with Crippen LogP contribution in [0.2, 0.25) is 0 Å². The predicted octanol–water partition coefficient (Wildman–Crippen LogP) is 7.00. The van der Waals surface area contributed by atoms with Crippen LogP contribution in [0.5, 0.6) is 0 Å². The van der Waals surface area contributed by atoms with Crippen molar-refractivity contribution in [2.24, 2.45) is 0 Å². The zero-order chi connectivity index (χ0) is 25.3. The van der Waals surface area contributed by atoms with E-state index in [1.165, 1.54) is 72.8 Å². The van der Waals surface area contributed by atoms with Gasteiger partial charge in [-0.2, -0.15) is 0 Å². The van der Waals surface area contributed by atoms with Gasteiger partial charge in [0.15, 0.2) is 0 Å². The minimum Gasteiger partial charge on any atom is -0.311 e. The van der Waals surface area contributed by atoms with Crippen LogP contribution in [0.3, 0.4) is 0 Å². The second-order valence-corrected chi connectivity index (χ2v) is 10.6. The minimum atomic E-state index is 0.179. The van der Waals surface area contributed by atoms with Gasteiger partial charge in [0.05, 0.1) is 0 Å². The first-order chi connectivity index (χ1) is 18.0. The van der Waals surface area contributed by atoms with E-state index in [1.54, 1.807) is 0 Å². The summed E-state index contributed by atoms with van der Waals surface area (Å²) in [5.74, 6) is 0. The number of aryl methyl sites for hydroxylation is 4. The highest BCUT2D eigenvalue weighted by Crippen LogP contribution is 2.43. The van der Waals surface area contributed by atoms with Crippen LogP contribution in [-0.4, -0.2) is 6.71 Å². The molecule has 2 aliphatic rings. The molecule has 0 bridgehead atoms. The zero-order valence-electron chi connectivity index (χ0n) is 21.8. The third kappa shape index (κ3) is 3.34. The van der Waals surface area contributed by atoms with Crippen LogP contribution in [0.1, 0.15) is 22.3 Å². The zero-order valence-corrected chi connectivity index (χ0v) is 21.8. The third-order valence-corrected chi connectivity index (χ3v) is 7.82. The molecule has 0 saturated heterocycles. The van der Waals surface area contributed by atoms with Crippen molar-refractivity contribution in [2.45, 2.75) is 27.7 Å². The van der Waals surface area contributed by atoms with Gasteiger partial charge in [-0.1, -0.05) is 65.7 Å². The Hall–Kier alpha value is -4.24. The van der Waals surface area contributed by atoms with Gasteiger partial charge in [0.25, 0.3) is 6.71 Å². The Morgan fingerprint density at radius 2 is 0.865 bits per heavy atom. The first-order valence-corrected chi connectivity index (χ1v) is 13.1. The Labute approximate surface area is 219 Å². The van der Waals surface area contributed by atoms with Crippen molar-refractivity contribution in [1.82, 2.24) is 0 Å². The fourth-order valence-electron chi connectivity index (χ4n) is 6.27. The first kappa shape index (κ1) is 22.0. The Morgan fingerprint density at radius 3 is 1.32 bits per heavy atom. The van der Waals surface area contributed by atoms with Crippen LogP contribution in [0.25, 0.3) is 0 Å². The van der Waals surface area contributed by atoms with Crippen molar-refractivity contribution >= 4 is 57.2 Å². The average molecular weight is 476 g/mol. The van der Waals surface area contributed by atoms with Crippen molar-refractivity contribution in [3.05, 3.63) is 125 Å². The van der Waals surface area contributed by atoms with E-state index in [0.717, 1.165) is 0 Å². The molecule has 0 saturated carbocycles. The summed E-state index contributed by atoms with van der Waals surface area (Å²) in [6.07, 6.45) is 0. The summed E-state index contributed by atoms with van der Waals surface area (Å²) in [6.45, 7) is 8.93. The molecule has 178 valence electrons. The molecule has 2 nitrogen and oxygen atoms in total. The van der Waals surface area contributed by atoms with E-state index in [1.807, 2.05) is 0 Å². The van der Waals surface area contributed by atoms with Crippen molar-refractivity contribution in [3.63, 3.8) is 0 Å². The standard InChI is InChI=1S/C34H29BN2/c1-22-8-5-10-26(18-22)36-30-16-14-24(3)20-28(30)35-29-21-25(4)15-17-31(29)37(27-11-6-9-23(2)19-27)33-13-7-12-32(36)34(33)35/h5-21H,1-4H3. The van der Waals surface area contributed by atoms with Gasteiger partial charge in [0.2, 0.25) is 0 Å². The summed E-state index contributed by atoms with van der Waals surface area (Å²) >= 11 is 0. The Kier molecular flexibility index (Phi) is 4.84. The van der Waals surface area contributed by atoms with Gasteiger partial charge in [0.1, 0.15) is 0 Å². The SMILES string of the molecule is Cc1cccc(N2c3ccc(C)cc3B3c4cc(C)ccc4N(c4cccc(C)c4)c4cccc2c43)c1. The molecule has 0 spiro atoms. The average Bonchev–Trinajstić information content (AvgIpc) is 2.88. The summed E-state index contributed by atoms with van der Waals surface area (Å²) in [6, 6.07) is 38.4. The maximum absolute atomic E-state index is 2.46. The first-order valence-electron chi connectivity index (χ1n) is 13.1. The van der Waals surface area contributed by atoms with Gasteiger partial charge in [-0.25, -0.2) is 0 Å². The van der Waals surface area contributed by atoms with Gasteiger partial charge in [-0.15, -0.1) is 0 Å². The number of anilines is 6. The Balaban J connectivity index is 1.59. The summed E-state index contributed by atoms with van der Waals surface area (Å²) in [4.78, 5) is 4.93. The Morgan fingerprint density at radius 1 is 0.432 bits per heavy atom. The lowest BCUT2D eigenvalue weighted by molar-refractivity contribution is 1.24.